The quantitative estimate of drug-likeness (QED) is 0.245. The highest BCUT2D eigenvalue weighted by Gasteiger charge is 2.51. The highest BCUT2D eigenvalue weighted by molar-refractivity contribution is 6.16. The Hall–Kier alpha value is -3.45. The number of benzene rings is 2. The second kappa shape index (κ2) is 13.9. The summed E-state index contributed by atoms with van der Waals surface area (Å²) in [5.74, 6) is -3.73. The Morgan fingerprint density at radius 2 is 1.61 bits per heavy atom. The number of anilines is 1. The smallest absolute Gasteiger partial charge is 0.268 e. The summed E-state index contributed by atoms with van der Waals surface area (Å²) >= 11 is 0. The van der Waals surface area contributed by atoms with Crippen LogP contribution < -0.4 is 15.5 Å². The summed E-state index contributed by atoms with van der Waals surface area (Å²) in [6, 6.07) is 8.92. The standard InChI is InChI=1S/C26H31F2N3O7/c1-36-10-11-38-13-12-37-9-7-29-23(32)19-2-4-22(5-3-19)31-8-6-26(35,25(31)34)24(33)30-17-18-14-20(27)16-21(28)15-18/h2-5,14-16,35H,6-13,17H2,1H3,(H,29,32)(H,30,33). The third-order valence-electron chi connectivity index (χ3n) is 5.82. The average molecular weight is 536 g/mol. The van der Waals surface area contributed by atoms with Gasteiger partial charge in [0.15, 0.2) is 0 Å². The van der Waals surface area contributed by atoms with Crippen molar-refractivity contribution in [2.75, 3.05) is 58.1 Å². The molecule has 1 aliphatic rings. The third-order valence-corrected chi connectivity index (χ3v) is 5.82. The molecular formula is C26H31F2N3O7. The van der Waals surface area contributed by atoms with Gasteiger partial charge < -0.3 is 34.9 Å². The van der Waals surface area contributed by atoms with E-state index in [0.717, 1.165) is 12.1 Å². The van der Waals surface area contributed by atoms with Gasteiger partial charge in [-0.25, -0.2) is 8.78 Å². The maximum Gasteiger partial charge on any atom is 0.268 e. The first kappa shape index (κ1) is 29.1. The fourth-order valence-electron chi connectivity index (χ4n) is 3.80. The van der Waals surface area contributed by atoms with Crippen LogP contribution in [0.15, 0.2) is 42.5 Å². The summed E-state index contributed by atoms with van der Waals surface area (Å²) in [6.45, 7) is 2.24. The van der Waals surface area contributed by atoms with Crippen LogP contribution in [0.25, 0.3) is 0 Å². The summed E-state index contributed by atoms with van der Waals surface area (Å²) in [5, 5.41) is 15.8. The molecular weight excluding hydrogens is 504 g/mol. The van der Waals surface area contributed by atoms with Crippen LogP contribution in [0.5, 0.6) is 0 Å². The molecule has 1 saturated heterocycles. The van der Waals surface area contributed by atoms with Crippen molar-refractivity contribution in [1.82, 2.24) is 10.6 Å². The minimum atomic E-state index is -2.32. The number of rotatable bonds is 14. The van der Waals surface area contributed by atoms with Gasteiger partial charge in [0, 0.05) is 50.5 Å². The monoisotopic (exact) mass is 535 g/mol. The van der Waals surface area contributed by atoms with Crippen molar-refractivity contribution in [1.29, 1.82) is 0 Å². The molecule has 1 atom stereocenters. The number of hydrogen-bond donors (Lipinski definition) is 3. The first-order chi connectivity index (χ1) is 18.2. The first-order valence-corrected chi connectivity index (χ1v) is 12.0. The molecule has 1 heterocycles. The second-order valence-electron chi connectivity index (χ2n) is 8.55. The topological polar surface area (TPSA) is 126 Å². The van der Waals surface area contributed by atoms with E-state index in [9.17, 15) is 28.3 Å². The molecule has 0 bridgehead atoms. The molecule has 1 unspecified atom stereocenters. The lowest BCUT2D eigenvalue weighted by molar-refractivity contribution is -0.149. The highest BCUT2D eigenvalue weighted by atomic mass is 19.1. The van der Waals surface area contributed by atoms with Gasteiger partial charge in [-0.05, 0) is 42.0 Å². The largest absolute Gasteiger partial charge is 0.382 e. The number of amides is 3. The Balaban J connectivity index is 1.46. The van der Waals surface area contributed by atoms with E-state index in [1.54, 1.807) is 19.2 Å². The van der Waals surface area contributed by atoms with Gasteiger partial charge in [0.2, 0.25) is 5.60 Å². The number of carbonyl (C=O) groups is 3. The van der Waals surface area contributed by atoms with Gasteiger partial charge in [-0.1, -0.05) is 0 Å². The van der Waals surface area contributed by atoms with Crippen molar-refractivity contribution in [2.24, 2.45) is 0 Å². The van der Waals surface area contributed by atoms with Crippen LogP contribution in [0, 0.1) is 11.6 Å². The normalized spacial score (nSPS) is 17.1. The zero-order valence-electron chi connectivity index (χ0n) is 21.0. The number of nitrogens with one attached hydrogen (secondary N) is 2. The molecule has 0 radical (unpaired) electrons. The number of ether oxygens (including phenoxy) is 3. The molecule has 38 heavy (non-hydrogen) atoms. The molecule has 0 aromatic heterocycles. The van der Waals surface area contributed by atoms with Crippen molar-refractivity contribution in [3.8, 4) is 0 Å². The minimum absolute atomic E-state index is 0.0649. The van der Waals surface area contributed by atoms with Crippen LogP contribution in [-0.2, 0) is 30.3 Å². The van der Waals surface area contributed by atoms with Gasteiger partial charge in [0.05, 0.1) is 33.0 Å². The molecule has 3 amide bonds. The van der Waals surface area contributed by atoms with Crippen LogP contribution in [-0.4, -0.2) is 81.7 Å². The van der Waals surface area contributed by atoms with E-state index in [1.165, 1.54) is 17.0 Å². The SMILES string of the molecule is COCCOCCOCCNC(=O)c1ccc(N2CCC(O)(C(=O)NCc3cc(F)cc(F)c3)C2=O)cc1. The van der Waals surface area contributed by atoms with Crippen molar-refractivity contribution in [3.05, 3.63) is 65.2 Å². The van der Waals surface area contributed by atoms with Gasteiger partial charge in [0.25, 0.3) is 17.7 Å². The van der Waals surface area contributed by atoms with Crippen molar-refractivity contribution < 1.29 is 42.5 Å². The molecule has 0 spiro atoms. The molecule has 1 aliphatic heterocycles. The Labute approximate surface area is 218 Å². The van der Waals surface area contributed by atoms with E-state index in [2.05, 4.69) is 10.6 Å². The van der Waals surface area contributed by atoms with Crippen LogP contribution in [0.2, 0.25) is 0 Å². The number of nitrogens with zero attached hydrogens (tertiary/aromatic N) is 1. The summed E-state index contributed by atoms with van der Waals surface area (Å²) < 4.78 is 42.2. The molecule has 12 heteroatoms. The summed E-state index contributed by atoms with van der Waals surface area (Å²) in [4.78, 5) is 39.1. The summed E-state index contributed by atoms with van der Waals surface area (Å²) in [5.41, 5.74) is -1.41. The minimum Gasteiger partial charge on any atom is -0.382 e. The van der Waals surface area contributed by atoms with Crippen LogP contribution in [0.1, 0.15) is 22.3 Å². The number of carbonyl (C=O) groups excluding carboxylic acids is 3. The highest BCUT2D eigenvalue weighted by Crippen LogP contribution is 2.29. The van der Waals surface area contributed by atoms with Crippen LogP contribution >= 0.6 is 0 Å². The van der Waals surface area contributed by atoms with Crippen molar-refractivity contribution in [3.63, 3.8) is 0 Å². The van der Waals surface area contributed by atoms with Crippen LogP contribution in [0.4, 0.5) is 14.5 Å². The van der Waals surface area contributed by atoms with Gasteiger partial charge in [-0.2, -0.15) is 0 Å². The second-order valence-corrected chi connectivity index (χ2v) is 8.55. The van der Waals surface area contributed by atoms with Crippen molar-refractivity contribution in [2.45, 2.75) is 18.6 Å². The zero-order chi connectivity index (χ0) is 27.5. The van der Waals surface area contributed by atoms with Crippen molar-refractivity contribution >= 4 is 23.4 Å². The molecule has 206 valence electrons. The fourth-order valence-corrected chi connectivity index (χ4v) is 3.80. The third kappa shape index (κ3) is 7.78. The number of methoxy groups -OCH3 is 1. The molecule has 3 rings (SSSR count). The van der Waals surface area contributed by atoms with E-state index >= 15 is 0 Å². The Kier molecular flexibility index (Phi) is 10.7. The molecule has 3 N–H and O–H groups in total. The van der Waals surface area contributed by atoms with Crippen LogP contribution in [0.3, 0.4) is 0 Å². The molecule has 0 aliphatic carbocycles. The maximum atomic E-state index is 13.4. The molecule has 0 saturated carbocycles. The van der Waals surface area contributed by atoms with E-state index in [-0.39, 0.29) is 31.0 Å². The van der Waals surface area contributed by atoms with Gasteiger partial charge in [0.1, 0.15) is 11.6 Å². The predicted octanol–water partition coefficient (Wildman–Crippen LogP) is 1.16. The van der Waals surface area contributed by atoms with Gasteiger partial charge >= 0.3 is 0 Å². The summed E-state index contributed by atoms with van der Waals surface area (Å²) in [7, 11) is 1.59. The average Bonchev–Trinajstić information content (AvgIpc) is 3.20. The maximum absolute atomic E-state index is 13.4. The molecule has 10 nitrogen and oxygen atoms in total. The first-order valence-electron chi connectivity index (χ1n) is 12.0. The fraction of sp³-hybridized carbons (Fsp3) is 0.423. The number of aliphatic hydroxyl groups is 1. The summed E-state index contributed by atoms with van der Waals surface area (Å²) in [6.07, 6.45) is -0.172. The molecule has 1 fully saturated rings. The molecule has 2 aromatic carbocycles. The zero-order valence-corrected chi connectivity index (χ0v) is 21.0. The molecule has 2 aromatic rings. The van der Waals surface area contributed by atoms with Gasteiger partial charge in [-0.3, -0.25) is 14.4 Å². The number of halogens is 2. The predicted molar refractivity (Wildman–Crippen MR) is 132 cm³/mol. The van der Waals surface area contributed by atoms with E-state index in [1.807, 2.05) is 0 Å². The van der Waals surface area contributed by atoms with Gasteiger partial charge in [-0.15, -0.1) is 0 Å². The lowest BCUT2D eigenvalue weighted by Gasteiger charge is -2.22. The van der Waals surface area contributed by atoms with E-state index in [0.29, 0.717) is 56.9 Å². The lowest BCUT2D eigenvalue weighted by atomic mass is 10.0. The Bertz CT molecular complexity index is 1100. The van der Waals surface area contributed by atoms with E-state index in [4.69, 9.17) is 14.2 Å². The lowest BCUT2D eigenvalue weighted by Crippen LogP contribution is -2.52. The Morgan fingerprint density at radius 3 is 2.26 bits per heavy atom. The Morgan fingerprint density at radius 1 is 0.974 bits per heavy atom. The number of hydrogen-bond acceptors (Lipinski definition) is 7. The van der Waals surface area contributed by atoms with E-state index < -0.39 is 29.0 Å².